The van der Waals surface area contributed by atoms with E-state index in [9.17, 15) is 24.3 Å². The molecule has 1 aliphatic rings. The molecule has 13 nitrogen and oxygen atoms in total. The van der Waals surface area contributed by atoms with E-state index >= 15 is 0 Å². The van der Waals surface area contributed by atoms with Crippen molar-refractivity contribution in [2.45, 2.75) is 44.4 Å². The lowest BCUT2D eigenvalue weighted by atomic mass is 9.98. The molecule has 1 aromatic carbocycles. The number of Topliss-reactive ketones (excluding diaryl/α,β-unsaturated/α-hetero) is 1. The molecular formula is C27H33N5O8. The molecule has 0 radical (unpaired) electrons. The molecule has 1 atom stereocenters. The largest absolute Gasteiger partial charge is 0.497 e. The zero-order chi connectivity index (χ0) is 29.1. The zero-order valence-corrected chi connectivity index (χ0v) is 22.3. The Hall–Kier alpha value is -4.36. The Morgan fingerprint density at radius 1 is 1.15 bits per heavy atom. The van der Waals surface area contributed by atoms with E-state index in [0.29, 0.717) is 31.7 Å². The number of hydrogen-bond donors (Lipinski definition) is 4. The molecular weight excluding hydrogens is 522 g/mol. The van der Waals surface area contributed by atoms with Crippen LogP contribution in [-0.4, -0.2) is 78.3 Å². The van der Waals surface area contributed by atoms with Gasteiger partial charge in [0.15, 0.2) is 5.78 Å². The number of amidine groups is 1. The van der Waals surface area contributed by atoms with Crippen molar-refractivity contribution in [1.29, 1.82) is 0 Å². The molecule has 5 N–H and O–H groups in total. The molecule has 13 heteroatoms. The number of ketones is 1. The first-order chi connectivity index (χ1) is 19.2. The van der Waals surface area contributed by atoms with Crippen LogP contribution in [0.3, 0.4) is 0 Å². The molecule has 214 valence electrons. The number of nitrogens with one attached hydrogen (secondary N) is 2. The summed E-state index contributed by atoms with van der Waals surface area (Å²) >= 11 is 0. The van der Waals surface area contributed by atoms with Crippen LogP contribution in [0, 0.1) is 0 Å². The second-order valence-electron chi connectivity index (χ2n) is 8.91. The number of piperidine rings is 1. The number of carbonyl (C=O) groups excluding carboxylic acids is 3. The molecule has 1 aliphatic heterocycles. The Kier molecular flexibility index (Phi) is 10.7. The highest BCUT2D eigenvalue weighted by Crippen LogP contribution is 2.22. The summed E-state index contributed by atoms with van der Waals surface area (Å²) in [6.45, 7) is 2.89. The number of carboxylic acid groups (broad SMARTS) is 1. The van der Waals surface area contributed by atoms with Crippen molar-refractivity contribution in [3.63, 3.8) is 0 Å². The van der Waals surface area contributed by atoms with Crippen LogP contribution in [-0.2, 0) is 25.5 Å². The van der Waals surface area contributed by atoms with E-state index in [1.54, 1.807) is 31.2 Å². The maximum absolute atomic E-state index is 13.5. The van der Waals surface area contributed by atoms with Gasteiger partial charge in [0.1, 0.15) is 17.3 Å². The Labute approximate surface area is 231 Å². The summed E-state index contributed by atoms with van der Waals surface area (Å²) in [5, 5.41) is 15.7. The molecule has 1 saturated heterocycles. The van der Waals surface area contributed by atoms with E-state index in [1.807, 2.05) is 0 Å². The van der Waals surface area contributed by atoms with Gasteiger partial charge in [0, 0.05) is 18.2 Å². The average molecular weight is 556 g/mol. The normalized spacial score (nSPS) is 15.5. The summed E-state index contributed by atoms with van der Waals surface area (Å²) in [5.41, 5.74) is 3.97. The average Bonchev–Trinajstić information content (AvgIpc) is 2.96. The first-order valence-electron chi connectivity index (χ1n) is 12.8. The summed E-state index contributed by atoms with van der Waals surface area (Å²) < 4.78 is 15.7. The molecule has 2 amide bonds. The third-order valence-corrected chi connectivity index (χ3v) is 6.18. The molecule has 0 saturated carbocycles. The summed E-state index contributed by atoms with van der Waals surface area (Å²) in [7, 11) is 1.54. The van der Waals surface area contributed by atoms with Crippen molar-refractivity contribution < 1.29 is 38.5 Å². The van der Waals surface area contributed by atoms with Crippen LogP contribution in [0.2, 0.25) is 0 Å². The van der Waals surface area contributed by atoms with Gasteiger partial charge in [-0.1, -0.05) is 12.1 Å². The Morgan fingerprint density at radius 3 is 2.42 bits per heavy atom. The molecule has 2 aromatic rings. The standard InChI is InChI=1S/C27H33N5O8/c1-3-39-26(37)31-23(28)18-7-10-21(30-16-18)24(34)32-27(25(35)36,40-20-12-14-29-15-13-20)22(33)11-6-17-4-8-19(38-2)9-5-17/h4-5,7-10,16,20,29H,3,6,11-15H2,1-2H3,(H,32,34)(H,35,36)(H2,28,31,37). The van der Waals surface area contributed by atoms with Crippen LogP contribution in [0.5, 0.6) is 5.75 Å². The van der Waals surface area contributed by atoms with Crippen LogP contribution < -0.4 is 21.1 Å². The molecule has 40 heavy (non-hydrogen) atoms. The molecule has 0 aliphatic carbocycles. The van der Waals surface area contributed by atoms with Gasteiger partial charge in [-0.05, 0) is 69.1 Å². The number of carbonyl (C=O) groups is 4. The fourth-order valence-electron chi connectivity index (χ4n) is 4.00. The van der Waals surface area contributed by atoms with E-state index < -0.39 is 35.6 Å². The molecule has 2 heterocycles. The summed E-state index contributed by atoms with van der Waals surface area (Å²) in [6, 6.07) is 9.64. The highest BCUT2D eigenvalue weighted by molar-refractivity contribution is 6.10. The lowest BCUT2D eigenvalue weighted by molar-refractivity contribution is -0.185. The van der Waals surface area contributed by atoms with Gasteiger partial charge in [-0.15, -0.1) is 0 Å². The number of benzene rings is 1. The van der Waals surface area contributed by atoms with Gasteiger partial charge in [-0.3, -0.25) is 14.6 Å². The Balaban J connectivity index is 1.83. The number of rotatable bonds is 12. The van der Waals surface area contributed by atoms with Crippen LogP contribution in [0.15, 0.2) is 47.6 Å². The number of aliphatic carboxylic acids is 1. The smallest absolute Gasteiger partial charge is 0.435 e. The number of amides is 2. The van der Waals surface area contributed by atoms with Crippen LogP contribution >= 0.6 is 0 Å². The topological polar surface area (TPSA) is 192 Å². The molecule has 0 bridgehead atoms. The predicted octanol–water partition coefficient (Wildman–Crippen LogP) is 1.43. The number of aromatic nitrogens is 1. The van der Waals surface area contributed by atoms with Gasteiger partial charge in [-0.25, -0.2) is 9.59 Å². The number of nitrogens with two attached hydrogens (primary N) is 1. The van der Waals surface area contributed by atoms with E-state index in [4.69, 9.17) is 19.9 Å². The van der Waals surface area contributed by atoms with Gasteiger partial charge in [-0.2, -0.15) is 4.99 Å². The van der Waals surface area contributed by atoms with Gasteiger partial charge in [0.25, 0.3) is 5.91 Å². The van der Waals surface area contributed by atoms with Gasteiger partial charge >= 0.3 is 17.8 Å². The van der Waals surface area contributed by atoms with Crippen molar-refractivity contribution in [3.05, 3.63) is 59.4 Å². The van der Waals surface area contributed by atoms with Crippen molar-refractivity contribution in [2.24, 2.45) is 10.7 Å². The highest BCUT2D eigenvalue weighted by atomic mass is 16.6. The van der Waals surface area contributed by atoms with Crippen LogP contribution in [0.25, 0.3) is 0 Å². The quantitative estimate of drug-likeness (QED) is 0.128. The van der Waals surface area contributed by atoms with Crippen molar-refractivity contribution in [2.75, 3.05) is 26.8 Å². The monoisotopic (exact) mass is 555 g/mol. The minimum Gasteiger partial charge on any atom is -0.497 e. The second-order valence-corrected chi connectivity index (χ2v) is 8.91. The predicted molar refractivity (Wildman–Crippen MR) is 143 cm³/mol. The van der Waals surface area contributed by atoms with Crippen molar-refractivity contribution in [3.8, 4) is 5.75 Å². The first-order valence-corrected chi connectivity index (χ1v) is 12.8. The number of ether oxygens (including phenoxy) is 3. The van der Waals surface area contributed by atoms with Crippen LogP contribution in [0.4, 0.5) is 4.79 Å². The van der Waals surface area contributed by atoms with E-state index in [1.165, 1.54) is 25.4 Å². The molecule has 3 rings (SSSR count). The number of aryl methyl sites for hydroxylation is 1. The maximum Gasteiger partial charge on any atom is 0.435 e. The molecule has 1 fully saturated rings. The maximum atomic E-state index is 13.5. The summed E-state index contributed by atoms with van der Waals surface area (Å²) in [4.78, 5) is 58.4. The fraction of sp³-hybridized carbons (Fsp3) is 0.407. The molecule has 0 spiro atoms. The number of nitrogens with zero attached hydrogens (tertiary/aromatic N) is 2. The van der Waals surface area contributed by atoms with E-state index in [2.05, 4.69) is 20.6 Å². The lowest BCUT2D eigenvalue weighted by Gasteiger charge is -2.34. The minimum atomic E-state index is -2.63. The third-order valence-electron chi connectivity index (χ3n) is 6.18. The first kappa shape index (κ1) is 30.2. The third kappa shape index (κ3) is 7.83. The van der Waals surface area contributed by atoms with E-state index in [0.717, 1.165) is 5.56 Å². The zero-order valence-electron chi connectivity index (χ0n) is 22.3. The van der Waals surface area contributed by atoms with E-state index in [-0.39, 0.29) is 36.5 Å². The number of aliphatic imine (C=N–C) groups is 1. The summed E-state index contributed by atoms with van der Waals surface area (Å²) in [6.07, 6.45) is 0.667. The Morgan fingerprint density at radius 2 is 1.85 bits per heavy atom. The second kappa shape index (κ2) is 14.1. The van der Waals surface area contributed by atoms with Crippen molar-refractivity contribution >= 4 is 29.6 Å². The SMILES string of the molecule is CCOC(=O)N=C(N)c1ccc(C(=O)NC(OC2CCNCC2)(C(=O)O)C(=O)CCc2ccc(OC)cc2)nc1. The van der Waals surface area contributed by atoms with Gasteiger partial charge in [0.05, 0.1) is 19.8 Å². The fourth-order valence-corrected chi connectivity index (χ4v) is 4.00. The summed E-state index contributed by atoms with van der Waals surface area (Å²) in [5.74, 6) is -2.93. The number of hydrogen-bond acceptors (Lipinski definition) is 9. The number of pyridine rings is 1. The van der Waals surface area contributed by atoms with Gasteiger partial charge in [0.2, 0.25) is 0 Å². The van der Waals surface area contributed by atoms with Gasteiger partial charge < -0.3 is 35.7 Å². The highest BCUT2D eigenvalue weighted by Gasteiger charge is 2.50. The lowest BCUT2D eigenvalue weighted by Crippen LogP contribution is -2.64. The molecule has 1 aromatic heterocycles. The van der Waals surface area contributed by atoms with Crippen molar-refractivity contribution in [1.82, 2.24) is 15.6 Å². The van der Waals surface area contributed by atoms with Crippen LogP contribution in [0.1, 0.15) is 47.8 Å². The number of methoxy groups -OCH3 is 1. The minimum absolute atomic E-state index is 0.122. The molecule has 1 unspecified atom stereocenters. The number of carboxylic acids is 1. The Bertz CT molecular complexity index is 1230.